The molecule has 0 aliphatic carbocycles. The van der Waals surface area contributed by atoms with Crippen molar-refractivity contribution in [2.24, 2.45) is 7.05 Å². The van der Waals surface area contributed by atoms with Crippen molar-refractivity contribution in [3.8, 4) is 17.3 Å². The number of anilines is 1. The summed E-state index contributed by atoms with van der Waals surface area (Å²) >= 11 is 1.68. The number of hydrogen-bond acceptors (Lipinski definition) is 7. The lowest BCUT2D eigenvalue weighted by Crippen LogP contribution is -2.44. The maximum Gasteiger partial charge on any atom is 0.184 e. The van der Waals surface area contributed by atoms with Gasteiger partial charge in [0.05, 0.1) is 22.2 Å². The summed E-state index contributed by atoms with van der Waals surface area (Å²) < 4.78 is 2.84. The molecule has 4 aromatic rings. The van der Waals surface area contributed by atoms with Crippen LogP contribution in [0.15, 0.2) is 30.6 Å². The molecule has 6 rings (SSSR count). The number of rotatable bonds is 3. The molecule has 5 heterocycles. The van der Waals surface area contributed by atoms with E-state index in [4.69, 9.17) is 4.98 Å². The van der Waals surface area contributed by atoms with Gasteiger partial charge in [0.2, 0.25) is 0 Å². The van der Waals surface area contributed by atoms with Crippen molar-refractivity contribution >= 4 is 37.6 Å². The van der Waals surface area contributed by atoms with Gasteiger partial charge in [0.15, 0.2) is 5.13 Å². The molecule has 0 spiro atoms. The highest BCUT2D eigenvalue weighted by Crippen LogP contribution is 2.37. The summed E-state index contributed by atoms with van der Waals surface area (Å²) in [5.41, 5.74) is 3.98. The number of hydrogen-bond donors (Lipinski definition) is 1. The number of pyridine rings is 1. The van der Waals surface area contributed by atoms with Crippen LogP contribution in [-0.4, -0.2) is 49.8 Å². The highest BCUT2D eigenvalue weighted by Gasteiger charge is 2.38. The Kier molecular flexibility index (Phi) is 4.23. The Balaban J connectivity index is 1.30. The monoisotopic (exact) mass is 429 g/mol. The van der Waals surface area contributed by atoms with Gasteiger partial charge in [0, 0.05) is 42.3 Å². The first-order valence-corrected chi connectivity index (χ1v) is 11.5. The maximum absolute atomic E-state index is 9.57. The third-order valence-electron chi connectivity index (χ3n) is 6.84. The number of piperidine rings is 1. The molecule has 3 aromatic heterocycles. The van der Waals surface area contributed by atoms with Crippen molar-refractivity contribution in [1.82, 2.24) is 24.6 Å². The molecule has 2 bridgehead atoms. The van der Waals surface area contributed by atoms with Crippen LogP contribution < -0.4 is 5.32 Å². The molecule has 7 nitrogen and oxygen atoms in total. The van der Waals surface area contributed by atoms with Crippen molar-refractivity contribution in [1.29, 1.82) is 5.26 Å². The van der Waals surface area contributed by atoms with Crippen LogP contribution in [0.1, 0.15) is 31.2 Å². The van der Waals surface area contributed by atoms with E-state index in [-0.39, 0.29) is 0 Å². The smallest absolute Gasteiger partial charge is 0.184 e. The van der Waals surface area contributed by atoms with Crippen LogP contribution in [0.2, 0.25) is 0 Å². The van der Waals surface area contributed by atoms with Gasteiger partial charge in [-0.05, 0) is 50.9 Å². The quantitative estimate of drug-likeness (QED) is 0.527. The van der Waals surface area contributed by atoms with Crippen LogP contribution in [0.5, 0.6) is 0 Å². The summed E-state index contributed by atoms with van der Waals surface area (Å²) in [6.07, 6.45) is 8.78. The molecule has 0 amide bonds. The van der Waals surface area contributed by atoms with Crippen molar-refractivity contribution in [2.75, 3.05) is 12.4 Å². The Bertz CT molecular complexity index is 1330. The summed E-state index contributed by atoms with van der Waals surface area (Å²) in [6.45, 7) is 0. The molecule has 0 saturated carbocycles. The summed E-state index contributed by atoms with van der Waals surface area (Å²) in [5, 5.41) is 19.6. The Morgan fingerprint density at radius 1 is 1.16 bits per heavy atom. The molecule has 2 aliphatic heterocycles. The number of aromatic nitrogens is 4. The lowest BCUT2D eigenvalue weighted by Gasteiger charge is -2.36. The topological polar surface area (TPSA) is 82.7 Å². The van der Waals surface area contributed by atoms with Crippen molar-refractivity contribution in [2.45, 2.75) is 43.8 Å². The molecule has 0 unspecified atom stereocenters. The van der Waals surface area contributed by atoms with Crippen molar-refractivity contribution in [3.05, 3.63) is 36.2 Å². The van der Waals surface area contributed by atoms with Gasteiger partial charge in [-0.15, -0.1) is 0 Å². The highest BCUT2D eigenvalue weighted by molar-refractivity contribution is 7.22. The molecule has 156 valence electrons. The van der Waals surface area contributed by atoms with E-state index >= 15 is 0 Å². The second-order valence-electron chi connectivity index (χ2n) is 8.80. The fourth-order valence-corrected chi connectivity index (χ4v) is 6.19. The molecule has 1 aromatic carbocycles. The first-order chi connectivity index (χ1) is 15.1. The Morgan fingerprint density at radius 3 is 2.74 bits per heavy atom. The molecule has 1 N–H and O–H groups in total. The van der Waals surface area contributed by atoms with Crippen molar-refractivity contribution in [3.63, 3.8) is 0 Å². The Hall–Kier alpha value is -3.02. The van der Waals surface area contributed by atoms with Crippen LogP contribution in [-0.2, 0) is 7.05 Å². The lowest BCUT2D eigenvalue weighted by atomic mass is 9.98. The molecular formula is C23H23N7S. The second kappa shape index (κ2) is 7.01. The van der Waals surface area contributed by atoms with E-state index in [1.807, 2.05) is 31.6 Å². The largest absolute Gasteiger partial charge is 0.359 e. The average molecular weight is 430 g/mol. The third-order valence-corrected chi connectivity index (χ3v) is 7.79. The Labute approximate surface area is 184 Å². The van der Waals surface area contributed by atoms with Crippen LogP contribution in [0.3, 0.4) is 0 Å². The van der Waals surface area contributed by atoms with E-state index in [9.17, 15) is 5.26 Å². The number of nitrogens with zero attached hydrogens (tertiary/aromatic N) is 6. The lowest BCUT2D eigenvalue weighted by molar-refractivity contribution is 0.169. The predicted octanol–water partition coefficient (Wildman–Crippen LogP) is 4.15. The molecule has 2 saturated heterocycles. The van der Waals surface area contributed by atoms with Gasteiger partial charge in [0.1, 0.15) is 17.1 Å². The molecule has 8 heteroatoms. The first kappa shape index (κ1) is 18.7. The van der Waals surface area contributed by atoms with Gasteiger partial charge in [-0.3, -0.25) is 9.67 Å². The van der Waals surface area contributed by atoms with Crippen molar-refractivity contribution < 1.29 is 0 Å². The van der Waals surface area contributed by atoms with Crippen LogP contribution in [0.4, 0.5) is 5.13 Å². The minimum Gasteiger partial charge on any atom is -0.359 e. The van der Waals surface area contributed by atoms with E-state index in [0.29, 0.717) is 23.7 Å². The molecule has 31 heavy (non-hydrogen) atoms. The normalized spacial score (nSPS) is 23.5. The SMILES string of the molecule is CN1[C@@H]2CC[C@H]1C[C@H](Nc1nc3cnc(-c4cc(C#N)c5nn(C)cc5c4)cc3s1)C2. The van der Waals surface area contributed by atoms with E-state index < -0.39 is 0 Å². The predicted molar refractivity (Wildman–Crippen MR) is 123 cm³/mol. The number of fused-ring (bicyclic) bond motifs is 4. The number of thiazole rings is 1. The maximum atomic E-state index is 9.57. The fourth-order valence-electron chi connectivity index (χ4n) is 5.24. The van der Waals surface area contributed by atoms with Crippen LogP contribution in [0.25, 0.3) is 32.4 Å². The summed E-state index contributed by atoms with van der Waals surface area (Å²) in [4.78, 5) is 12.0. The summed E-state index contributed by atoms with van der Waals surface area (Å²) in [5.74, 6) is 0. The van der Waals surface area contributed by atoms with Gasteiger partial charge < -0.3 is 10.2 Å². The second-order valence-corrected chi connectivity index (χ2v) is 9.83. The van der Waals surface area contributed by atoms with Gasteiger partial charge >= 0.3 is 0 Å². The van der Waals surface area contributed by atoms with Crippen LogP contribution >= 0.6 is 11.3 Å². The molecule has 0 radical (unpaired) electrons. The van der Waals surface area contributed by atoms with Gasteiger partial charge in [0.25, 0.3) is 0 Å². The standard InChI is InChI=1S/C23H23N7S/c1-29-12-15-6-13(5-14(10-24)22(15)28-29)19-9-21-20(11-25-19)27-23(31-21)26-16-7-17-3-4-18(8-16)30(17)2/h5-6,9,11-12,16-18H,3-4,7-8H2,1-2H3,(H,26,27)/t16-,17-,18+. The highest BCUT2D eigenvalue weighted by atomic mass is 32.1. The van der Waals surface area contributed by atoms with Crippen LogP contribution in [0, 0.1) is 11.3 Å². The minimum absolute atomic E-state index is 0.493. The zero-order chi connectivity index (χ0) is 21.1. The first-order valence-electron chi connectivity index (χ1n) is 10.7. The third kappa shape index (κ3) is 3.16. The minimum atomic E-state index is 0.493. The number of nitriles is 1. The number of aryl methyl sites for hydroxylation is 1. The zero-order valence-corrected chi connectivity index (χ0v) is 18.4. The summed E-state index contributed by atoms with van der Waals surface area (Å²) in [7, 11) is 4.14. The van der Waals surface area contributed by atoms with Gasteiger partial charge in [-0.25, -0.2) is 4.98 Å². The Morgan fingerprint density at radius 2 is 1.97 bits per heavy atom. The molecule has 3 atom stereocenters. The molecular weight excluding hydrogens is 406 g/mol. The zero-order valence-electron chi connectivity index (χ0n) is 17.5. The van der Waals surface area contributed by atoms with E-state index in [1.54, 1.807) is 16.0 Å². The molecule has 2 aliphatic rings. The van der Waals surface area contributed by atoms with Gasteiger partial charge in [-0.2, -0.15) is 10.4 Å². The summed E-state index contributed by atoms with van der Waals surface area (Å²) in [6, 6.07) is 10.2. The van der Waals surface area contributed by atoms with Gasteiger partial charge in [-0.1, -0.05) is 11.3 Å². The van der Waals surface area contributed by atoms with E-state index in [1.165, 1.54) is 25.7 Å². The number of benzene rings is 1. The van der Waals surface area contributed by atoms with E-state index in [2.05, 4.69) is 39.5 Å². The number of nitrogens with one attached hydrogen (secondary N) is 1. The average Bonchev–Trinajstić information content (AvgIpc) is 3.38. The fraction of sp³-hybridized carbons (Fsp3) is 0.391. The molecule has 2 fully saturated rings. The van der Waals surface area contributed by atoms with E-state index in [0.717, 1.165) is 37.5 Å².